The molecule has 0 amide bonds. The standard InChI is InChI=1S/C19H31NO4/c1-4-17-5-7-19(8-6-17)23-10-9-22-14-18(21)13-20-11-15(2)24-16(3)12-20/h5-8,15-16,18,21H,4,9-14H2,1-3H3/p+1/t15-,16-,18-/m1/s1. The van der Waals surface area contributed by atoms with Crippen LogP contribution in [0.15, 0.2) is 24.3 Å². The monoisotopic (exact) mass is 338 g/mol. The molecule has 5 nitrogen and oxygen atoms in total. The Morgan fingerprint density at radius 1 is 1.17 bits per heavy atom. The highest BCUT2D eigenvalue weighted by Crippen LogP contribution is 2.12. The minimum atomic E-state index is -0.443. The van der Waals surface area contributed by atoms with Gasteiger partial charge in [0.1, 0.15) is 50.3 Å². The van der Waals surface area contributed by atoms with Crippen molar-refractivity contribution in [2.75, 3.05) is 39.5 Å². The molecule has 1 aromatic rings. The van der Waals surface area contributed by atoms with E-state index in [2.05, 4.69) is 32.9 Å². The summed E-state index contributed by atoms with van der Waals surface area (Å²) >= 11 is 0. The second-order valence-electron chi connectivity index (χ2n) is 6.69. The van der Waals surface area contributed by atoms with Crippen molar-refractivity contribution in [3.05, 3.63) is 29.8 Å². The van der Waals surface area contributed by atoms with Gasteiger partial charge in [-0.1, -0.05) is 19.1 Å². The molecule has 2 rings (SSSR count). The molecule has 1 fully saturated rings. The molecule has 136 valence electrons. The Morgan fingerprint density at radius 3 is 2.46 bits per heavy atom. The molecule has 0 spiro atoms. The summed E-state index contributed by atoms with van der Waals surface area (Å²) in [7, 11) is 0. The lowest BCUT2D eigenvalue weighted by atomic mass is 10.2. The van der Waals surface area contributed by atoms with Crippen LogP contribution in [0.3, 0.4) is 0 Å². The molecular formula is C19H32NO4+. The molecule has 5 heteroatoms. The summed E-state index contributed by atoms with van der Waals surface area (Å²) < 4.78 is 16.9. The van der Waals surface area contributed by atoms with Crippen LogP contribution in [0.2, 0.25) is 0 Å². The SMILES string of the molecule is CCc1ccc(OCCOC[C@H](O)C[NH+]2C[C@@H](C)O[C@H](C)C2)cc1. The molecule has 3 atom stereocenters. The van der Waals surface area contributed by atoms with Gasteiger partial charge in [0.25, 0.3) is 0 Å². The van der Waals surface area contributed by atoms with Gasteiger partial charge < -0.3 is 24.2 Å². The summed E-state index contributed by atoms with van der Waals surface area (Å²) in [6.07, 6.45) is 1.10. The topological polar surface area (TPSA) is 52.4 Å². The Morgan fingerprint density at radius 2 is 1.83 bits per heavy atom. The number of aryl methyl sites for hydroxylation is 1. The van der Waals surface area contributed by atoms with Crippen LogP contribution in [-0.4, -0.2) is 62.9 Å². The molecule has 0 aromatic heterocycles. The first kappa shape index (κ1) is 19.2. The van der Waals surface area contributed by atoms with Crippen LogP contribution in [-0.2, 0) is 15.9 Å². The van der Waals surface area contributed by atoms with E-state index >= 15 is 0 Å². The Kier molecular flexibility index (Phi) is 7.99. The number of aliphatic hydroxyl groups excluding tert-OH is 1. The average molecular weight is 338 g/mol. The number of nitrogens with one attached hydrogen (secondary N) is 1. The smallest absolute Gasteiger partial charge is 0.126 e. The zero-order chi connectivity index (χ0) is 17.4. The van der Waals surface area contributed by atoms with E-state index in [4.69, 9.17) is 14.2 Å². The summed E-state index contributed by atoms with van der Waals surface area (Å²) in [6, 6.07) is 8.12. The minimum absolute atomic E-state index is 0.254. The number of benzene rings is 1. The van der Waals surface area contributed by atoms with Crippen LogP contribution < -0.4 is 9.64 Å². The highest BCUT2D eigenvalue weighted by Gasteiger charge is 2.27. The third kappa shape index (κ3) is 6.77. The van der Waals surface area contributed by atoms with E-state index in [0.717, 1.165) is 25.3 Å². The van der Waals surface area contributed by atoms with Gasteiger partial charge in [-0.3, -0.25) is 0 Å². The summed E-state index contributed by atoms with van der Waals surface area (Å²) in [5.41, 5.74) is 1.30. The van der Waals surface area contributed by atoms with Gasteiger partial charge >= 0.3 is 0 Å². The van der Waals surface area contributed by atoms with Crippen LogP contribution in [0.1, 0.15) is 26.3 Å². The quantitative estimate of drug-likeness (QED) is 0.651. The molecule has 1 aliphatic rings. The van der Waals surface area contributed by atoms with Gasteiger partial charge in [0, 0.05) is 0 Å². The number of morpholine rings is 1. The summed E-state index contributed by atoms with van der Waals surface area (Å²) in [5, 5.41) is 10.1. The van der Waals surface area contributed by atoms with E-state index in [1.54, 1.807) is 0 Å². The second-order valence-corrected chi connectivity index (χ2v) is 6.69. The predicted octanol–water partition coefficient (Wildman–Crippen LogP) is 0.697. The lowest BCUT2D eigenvalue weighted by Crippen LogP contribution is -3.16. The van der Waals surface area contributed by atoms with Gasteiger partial charge in [-0.15, -0.1) is 0 Å². The van der Waals surface area contributed by atoms with Gasteiger partial charge in [-0.05, 0) is 38.0 Å². The van der Waals surface area contributed by atoms with Gasteiger partial charge in [-0.25, -0.2) is 0 Å². The molecule has 2 N–H and O–H groups in total. The fourth-order valence-electron chi connectivity index (χ4n) is 3.21. The summed E-state index contributed by atoms with van der Waals surface area (Å²) in [6.45, 7) is 10.2. The minimum Gasteiger partial charge on any atom is -0.491 e. The van der Waals surface area contributed by atoms with E-state index < -0.39 is 6.10 Å². The number of ether oxygens (including phenoxy) is 3. The van der Waals surface area contributed by atoms with Crippen molar-refractivity contribution in [3.63, 3.8) is 0 Å². The average Bonchev–Trinajstić information content (AvgIpc) is 2.54. The van der Waals surface area contributed by atoms with Crippen molar-refractivity contribution in [2.24, 2.45) is 0 Å². The molecule has 1 heterocycles. The van der Waals surface area contributed by atoms with Crippen LogP contribution in [0, 0.1) is 0 Å². The molecule has 1 saturated heterocycles. The fraction of sp³-hybridized carbons (Fsp3) is 0.684. The van der Waals surface area contributed by atoms with Crippen molar-refractivity contribution in [2.45, 2.75) is 45.5 Å². The summed E-state index contributed by atoms with van der Waals surface area (Å²) in [5.74, 6) is 0.858. The van der Waals surface area contributed by atoms with Crippen molar-refractivity contribution >= 4 is 0 Å². The number of hydrogen-bond donors (Lipinski definition) is 2. The molecule has 0 aliphatic carbocycles. The van der Waals surface area contributed by atoms with Crippen LogP contribution >= 0.6 is 0 Å². The third-order valence-electron chi connectivity index (χ3n) is 4.28. The van der Waals surface area contributed by atoms with E-state index in [9.17, 15) is 5.11 Å². The maximum Gasteiger partial charge on any atom is 0.126 e. The van der Waals surface area contributed by atoms with Crippen LogP contribution in [0.5, 0.6) is 5.75 Å². The van der Waals surface area contributed by atoms with Gasteiger partial charge in [-0.2, -0.15) is 0 Å². The molecule has 1 aliphatic heterocycles. The molecule has 0 bridgehead atoms. The van der Waals surface area contributed by atoms with Crippen molar-refractivity contribution in [3.8, 4) is 5.75 Å². The predicted molar refractivity (Wildman–Crippen MR) is 93.7 cm³/mol. The molecule has 0 saturated carbocycles. The van der Waals surface area contributed by atoms with Crippen molar-refractivity contribution in [1.82, 2.24) is 0 Å². The lowest BCUT2D eigenvalue weighted by molar-refractivity contribution is -0.918. The first-order valence-electron chi connectivity index (χ1n) is 9.03. The number of quaternary nitrogens is 1. The van der Waals surface area contributed by atoms with E-state index in [0.29, 0.717) is 26.4 Å². The first-order chi connectivity index (χ1) is 11.6. The Bertz CT molecular complexity index is 455. The molecule has 24 heavy (non-hydrogen) atoms. The van der Waals surface area contributed by atoms with E-state index in [1.807, 2.05) is 12.1 Å². The van der Waals surface area contributed by atoms with Gasteiger partial charge in [0.15, 0.2) is 0 Å². The maximum atomic E-state index is 10.1. The van der Waals surface area contributed by atoms with Crippen molar-refractivity contribution < 1.29 is 24.2 Å². The number of rotatable bonds is 9. The molecule has 1 aromatic carbocycles. The van der Waals surface area contributed by atoms with Gasteiger partial charge in [0.05, 0.1) is 13.2 Å². The van der Waals surface area contributed by atoms with Crippen LogP contribution in [0.4, 0.5) is 0 Å². The number of hydrogen-bond acceptors (Lipinski definition) is 4. The van der Waals surface area contributed by atoms with E-state index in [-0.39, 0.29) is 12.2 Å². The molecule has 0 radical (unpaired) electrons. The van der Waals surface area contributed by atoms with Gasteiger partial charge in [0.2, 0.25) is 0 Å². The van der Waals surface area contributed by atoms with E-state index in [1.165, 1.54) is 10.5 Å². The maximum absolute atomic E-state index is 10.1. The normalized spacial score (nSPS) is 25.4. The Hall–Kier alpha value is -1.14. The fourth-order valence-corrected chi connectivity index (χ4v) is 3.21. The number of aliphatic hydroxyl groups is 1. The highest BCUT2D eigenvalue weighted by molar-refractivity contribution is 5.27. The van der Waals surface area contributed by atoms with Crippen molar-refractivity contribution in [1.29, 1.82) is 0 Å². The largest absolute Gasteiger partial charge is 0.491 e. The highest BCUT2D eigenvalue weighted by atomic mass is 16.5. The Balaban J connectivity index is 1.56. The molecule has 0 unspecified atom stereocenters. The zero-order valence-corrected chi connectivity index (χ0v) is 15.2. The Labute approximate surface area is 145 Å². The second kappa shape index (κ2) is 9.99. The first-order valence-corrected chi connectivity index (χ1v) is 9.03. The molecular weight excluding hydrogens is 306 g/mol. The van der Waals surface area contributed by atoms with Crippen LogP contribution in [0.25, 0.3) is 0 Å². The third-order valence-corrected chi connectivity index (χ3v) is 4.28. The summed E-state index contributed by atoms with van der Waals surface area (Å²) in [4.78, 5) is 1.38. The zero-order valence-electron chi connectivity index (χ0n) is 15.2. The lowest BCUT2D eigenvalue weighted by Gasteiger charge is -2.33.